The van der Waals surface area contributed by atoms with Crippen LogP contribution in [-0.2, 0) is 15.1 Å². The smallest absolute Gasteiger partial charge is 0.272 e. The van der Waals surface area contributed by atoms with Gasteiger partial charge in [0.05, 0.1) is 20.3 Å². The van der Waals surface area contributed by atoms with Gasteiger partial charge in [-0.15, -0.1) is 0 Å². The molecule has 3 fully saturated rings. The molecule has 1 aromatic heterocycles. The summed E-state index contributed by atoms with van der Waals surface area (Å²) in [5.41, 5.74) is 0.483. The van der Waals surface area contributed by atoms with E-state index >= 15 is 0 Å². The lowest BCUT2D eigenvalue weighted by Gasteiger charge is -2.41. The van der Waals surface area contributed by atoms with E-state index in [9.17, 15) is 13.6 Å². The molecule has 182 valence electrons. The van der Waals surface area contributed by atoms with E-state index in [0.29, 0.717) is 30.3 Å². The number of alkyl halides is 2. The zero-order chi connectivity index (χ0) is 23.9. The van der Waals surface area contributed by atoms with Gasteiger partial charge in [0, 0.05) is 36.7 Å². The van der Waals surface area contributed by atoms with Gasteiger partial charge in [-0.25, -0.2) is 13.8 Å². The van der Waals surface area contributed by atoms with Gasteiger partial charge in [-0.3, -0.25) is 4.79 Å². The number of likely N-dealkylation sites (tertiary alicyclic amines) is 1. The number of ether oxygens (including phenoxy) is 4. The molecule has 3 aliphatic rings. The number of pyridine rings is 1. The van der Waals surface area contributed by atoms with Gasteiger partial charge < -0.3 is 23.8 Å². The van der Waals surface area contributed by atoms with Crippen LogP contribution in [0.2, 0.25) is 5.02 Å². The Balaban J connectivity index is 1.27. The van der Waals surface area contributed by atoms with Crippen molar-refractivity contribution in [3.8, 4) is 11.6 Å². The fourth-order valence-corrected chi connectivity index (χ4v) is 5.09. The van der Waals surface area contributed by atoms with Crippen LogP contribution in [0.1, 0.15) is 35.3 Å². The van der Waals surface area contributed by atoms with Crippen molar-refractivity contribution in [2.45, 2.75) is 36.9 Å². The molecule has 2 aliphatic heterocycles. The van der Waals surface area contributed by atoms with E-state index in [1.807, 2.05) is 18.2 Å². The minimum absolute atomic E-state index is 0.141. The largest absolute Gasteiger partial charge is 0.488 e. The minimum atomic E-state index is -2.60. The summed E-state index contributed by atoms with van der Waals surface area (Å²) < 4.78 is 48.9. The molecule has 34 heavy (non-hydrogen) atoms. The number of methoxy groups -OCH3 is 1. The molecule has 2 atom stereocenters. The van der Waals surface area contributed by atoms with Gasteiger partial charge >= 0.3 is 0 Å². The Hall–Kier alpha value is -2.49. The van der Waals surface area contributed by atoms with Crippen molar-refractivity contribution in [2.24, 2.45) is 5.92 Å². The number of fused-ring (bicyclic) bond motifs is 1. The highest BCUT2D eigenvalue weighted by atomic mass is 35.5. The number of benzene rings is 1. The molecule has 0 radical (unpaired) electrons. The molecular weight excluding hydrogens is 470 g/mol. The molecule has 2 unspecified atom stereocenters. The molecule has 10 heteroatoms. The van der Waals surface area contributed by atoms with Gasteiger partial charge in [-0.1, -0.05) is 23.7 Å². The van der Waals surface area contributed by atoms with Crippen LogP contribution < -0.4 is 9.47 Å². The van der Waals surface area contributed by atoms with Crippen LogP contribution in [-0.4, -0.2) is 61.4 Å². The summed E-state index contributed by atoms with van der Waals surface area (Å²) in [7, 11) is 1.42. The molecule has 1 amide bonds. The van der Waals surface area contributed by atoms with Crippen LogP contribution in [0.25, 0.3) is 0 Å². The predicted octanol–water partition coefficient (Wildman–Crippen LogP) is 4.28. The summed E-state index contributed by atoms with van der Waals surface area (Å²) in [6.45, 7) is 1.08. The number of carbonyl (C=O) groups is 1. The number of nitrogens with zero attached hydrogens (tertiary/aromatic N) is 2. The van der Waals surface area contributed by atoms with Crippen molar-refractivity contribution in [3.63, 3.8) is 0 Å². The Morgan fingerprint density at radius 3 is 2.85 bits per heavy atom. The maximum Gasteiger partial charge on any atom is 0.272 e. The lowest BCUT2D eigenvalue weighted by molar-refractivity contribution is -0.119. The van der Waals surface area contributed by atoms with Crippen molar-refractivity contribution in [2.75, 3.05) is 33.6 Å². The highest BCUT2D eigenvalue weighted by Gasteiger charge is 2.51. The molecule has 0 N–H and O–H groups in total. The SMILES string of the molecule is COc1nc(C(=O)N2CCC3(c4cccc(Cl)c4)OCOC3C2)ccc1OCC1CC(F)(F)C1. The first-order chi connectivity index (χ1) is 16.3. The fourth-order valence-electron chi connectivity index (χ4n) is 4.90. The van der Waals surface area contributed by atoms with Gasteiger partial charge in [0.2, 0.25) is 5.92 Å². The Labute approximate surface area is 200 Å². The lowest BCUT2D eigenvalue weighted by atomic mass is 9.82. The van der Waals surface area contributed by atoms with E-state index in [4.69, 9.17) is 30.5 Å². The maximum atomic E-state index is 13.2. The van der Waals surface area contributed by atoms with Crippen molar-refractivity contribution >= 4 is 17.5 Å². The average Bonchev–Trinajstić information content (AvgIpc) is 3.25. The van der Waals surface area contributed by atoms with Crippen LogP contribution >= 0.6 is 11.6 Å². The number of halogens is 3. The molecule has 1 saturated carbocycles. The predicted molar refractivity (Wildman–Crippen MR) is 118 cm³/mol. The second-order valence-corrected chi connectivity index (χ2v) is 9.40. The van der Waals surface area contributed by atoms with E-state index in [2.05, 4.69) is 4.98 Å². The summed E-state index contributed by atoms with van der Waals surface area (Å²) >= 11 is 6.19. The first-order valence-corrected chi connectivity index (χ1v) is 11.5. The van der Waals surface area contributed by atoms with Crippen molar-refractivity contribution in [3.05, 3.63) is 52.7 Å². The summed E-state index contributed by atoms with van der Waals surface area (Å²) in [5.74, 6) is -2.61. The third kappa shape index (κ3) is 4.32. The Morgan fingerprint density at radius 1 is 1.29 bits per heavy atom. The standard InChI is InChI=1S/C24H25ClF2N2O5/c1-31-21-19(32-13-15-10-23(26,27)11-15)6-5-18(28-21)22(30)29-8-7-24(20(12-29)33-14-34-24)16-3-2-4-17(25)9-16/h2-6,9,15,20H,7-8,10-14H2,1H3. The summed E-state index contributed by atoms with van der Waals surface area (Å²) in [5, 5.41) is 0.615. The average molecular weight is 495 g/mol. The number of hydrogen-bond donors (Lipinski definition) is 0. The summed E-state index contributed by atoms with van der Waals surface area (Å²) in [4.78, 5) is 19.2. The second-order valence-electron chi connectivity index (χ2n) is 8.96. The van der Waals surface area contributed by atoms with Gasteiger partial charge in [0.1, 0.15) is 24.2 Å². The van der Waals surface area contributed by atoms with Gasteiger partial charge in [-0.05, 0) is 29.8 Å². The summed E-state index contributed by atoms with van der Waals surface area (Å²) in [6.07, 6.45) is -0.155. The number of carbonyl (C=O) groups excluding carboxylic acids is 1. The molecule has 0 spiro atoms. The number of hydrogen-bond acceptors (Lipinski definition) is 6. The highest BCUT2D eigenvalue weighted by Crippen LogP contribution is 2.44. The molecule has 1 aromatic carbocycles. The van der Waals surface area contributed by atoms with Crippen LogP contribution in [0.5, 0.6) is 11.6 Å². The molecule has 5 rings (SSSR count). The van der Waals surface area contributed by atoms with E-state index in [1.165, 1.54) is 7.11 Å². The summed E-state index contributed by atoms with van der Waals surface area (Å²) in [6, 6.07) is 10.7. The molecule has 3 heterocycles. The molecule has 7 nitrogen and oxygen atoms in total. The third-order valence-electron chi connectivity index (χ3n) is 6.73. The van der Waals surface area contributed by atoms with E-state index < -0.39 is 11.5 Å². The molecule has 0 bridgehead atoms. The molecular formula is C24H25ClF2N2O5. The van der Waals surface area contributed by atoms with E-state index in [0.717, 1.165) is 5.56 Å². The normalized spacial score (nSPS) is 26.0. The van der Waals surface area contributed by atoms with E-state index in [-0.39, 0.29) is 55.7 Å². The van der Waals surface area contributed by atoms with Crippen LogP contribution in [0, 0.1) is 5.92 Å². The monoisotopic (exact) mass is 494 g/mol. The number of rotatable bonds is 6. The molecule has 2 saturated heterocycles. The lowest BCUT2D eigenvalue weighted by Crippen LogP contribution is -2.53. The molecule has 1 aliphatic carbocycles. The number of amides is 1. The second kappa shape index (κ2) is 8.94. The van der Waals surface area contributed by atoms with E-state index in [1.54, 1.807) is 23.1 Å². The van der Waals surface area contributed by atoms with Crippen molar-refractivity contribution < 1.29 is 32.5 Å². The van der Waals surface area contributed by atoms with Gasteiger partial charge in [-0.2, -0.15) is 0 Å². The van der Waals surface area contributed by atoms with Gasteiger partial charge in [0.25, 0.3) is 11.8 Å². The number of piperidine rings is 1. The first kappa shape index (κ1) is 23.3. The molecule has 2 aromatic rings. The Kier molecular flexibility index (Phi) is 6.12. The van der Waals surface area contributed by atoms with Crippen molar-refractivity contribution in [1.29, 1.82) is 0 Å². The Bertz CT molecular complexity index is 1080. The van der Waals surface area contributed by atoms with Crippen LogP contribution in [0.4, 0.5) is 8.78 Å². The highest BCUT2D eigenvalue weighted by molar-refractivity contribution is 6.30. The maximum absolute atomic E-state index is 13.2. The third-order valence-corrected chi connectivity index (χ3v) is 6.97. The quantitative estimate of drug-likeness (QED) is 0.597. The van der Waals surface area contributed by atoms with Crippen molar-refractivity contribution in [1.82, 2.24) is 9.88 Å². The van der Waals surface area contributed by atoms with Crippen LogP contribution in [0.15, 0.2) is 36.4 Å². The van der Waals surface area contributed by atoms with Gasteiger partial charge in [0.15, 0.2) is 5.75 Å². The fraction of sp³-hybridized carbons (Fsp3) is 0.500. The Morgan fingerprint density at radius 2 is 2.12 bits per heavy atom. The zero-order valence-corrected chi connectivity index (χ0v) is 19.4. The topological polar surface area (TPSA) is 70.1 Å². The zero-order valence-electron chi connectivity index (χ0n) is 18.6. The van der Waals surface area contributed by atoms with Crippen LogP contribution in [0.3, 0.4) is 0 Å². The number of aromatic nitrogens is 1. The first-order valence-electron chi connectivity index (χ1n) is 11.2. The minimum Gasteiger partial charge on any atom is -0.488 e.